The Kier molecular flexibility index (Phi) is 5.80. The topological polar surface area (TPSA) is 56.7 Å². The number of piperidine rings is 1. The molecule has 2 heterocycles. The molecule has 2 fully saturated rings. The summed E-state index contributed by atoms with van der Waals surface area (Å²) in [5.41, 5.74) is 1.02. The molecule has 23 heavy (non-hydrogen) atoms. The zero-order chi connectivity index (χ0) is 16.1. The molecule has 6 nitrogen and oxygen atoms in total. The second-order valence-corrected chi connectivity index (χ2v) is 6.59. The van der Waals surface area contributed by atoms with E-state index in [0.717, 1.165) is 55.4 Å². The zero-order valence-electron chi connectivity index (χ0n) is 14.1. The van der Waals surface area contributed by atoms with E-state index in [4.69, 9.17) is 9.62 Å². The van der Waals surface area contributed by atoms with Crippen molar-refractivity contribution < 1.29 is 14.5 Å². The highest BCUT2D eigenvalue weighted by molar-refractivity contribution is 5.30. The van der Waals surface area contributed by atoms with Crippen LogP contribution in [-0.2, 0) is 21.1 Å². The van der Waals surface area contributed by atoms with Crippen LogP contribution in [0.2, 0.25) is 0 Å². The minimum Gasteiger partial charge on any atom is -0.380 e. The molecule has 0 N–H and O–H groups in total. The zero-order valence-corrected chi connectivity index (χ0v) is 14.1. The SMILES string of the molecule is COCc1cnc(N2CCC([C@H]3C[C@H]3CCOOC)CC2)nc1. The Balaban J connectivity index is 1.42. The fraction of sp³-hybridized carbons (Fsp3) is 0.765. The average molecular weight is 321 g/mol. The van der Waals surface area contributed by atoms with Gasteiger partial charge in [0.15, 0.2) is 0 Å². The first-order chi connectivity index (χ1) is 11.3. The lowest BCUT2D eigenvalue weighted by atomic mass is 9.90. The van der Waals surface area contributed by atoms with Crippen molar-refractivity contribution in [3.05, 3.63) is 18.0 Å². The fourth-order valence-corrected chi connectivity index (χ4v) is 3.74. The second-order valence-electron chi connectivity index (χ2n) is 6.59. The summed E-state index contributed by atoms with van der Waals surface area (Å²) in [5, 5.41) is 0. The molecule has 1 saturated heterocycles. The van der Waals surface area contributed by atoms with Gasteiger partial charge >= 0.3 is 0 Å². The number of hydrogen-bond donors (Lipinski definition) is 0. The molecule has 2 atom stereocenters. The van der Waals surface area contributed by atoms with Gasteiger partial charge in [0, 0.05) is 38.2 Å². The number of methoxy groups -OCH3 is 1. The first-order valence-electron chi connectivity index (χ1n) is 8.52. The average Bonchev–Trinajstić information content (AvgIpc) is 3.36. The van der Waals surface area contributed by atoms with Crippen LogP contribution in [0.4, 0.5) is 5.95 Å². The standard InChI is InChI=1S/C17H27N3O3/c1-21-12-13-10-18-17(19-11-13)20-6-3-14(4-7-20)16-9-15(16)5-8-23-22-2/h10-11,14-16H,3-9,12H2,1-2H3/t15-,16-/m1/s1. The Labute approximate surface area is 138 Å². The molecule has 2 aliphatic rings. The Morgan fingerprint density at radius 2 is 1.91 bits per heavy atom. The summed E-state index contributed by atoms with van der Waals surface area (Å²) in [4.78, 5) is 20.9. The van der Waals surface area contributed by atoms with Crippen LogP contribution in [0.5, 0.6) is 0 Å². The smallest absolute Gasteiger partial charge is 0.225 e. The van der Waals surface area contributed by atoms with Crippen molar-refractivity contribution in [3.8, 4) is 0 Å². The van der Waals surface area contributed by atoms with Crippen molar-refractivity contribution >= 4 is 5.95 Å². The maximum Gasteiger partial charge on any atom is 0.225 e. The van der Waals surface area contributed by atoms with Gasteiger partial charge in [-0.1, -0.05) is 0 Å². The van der Waals surface area contributed by atoms with E-state index in [1.54, 1.807) is 14.2 Å². The van der Waals surface area contributed by atoms with Crippen molar-refractivity contribution in [2.75, 3.05) is 38.8 Å². The molecule has 1 aromatic heterocycles. The van der Waals surface area contributed by atoms with Crippen LogP contribution in [0.3, 0.4) is 0 Å². The van der Waals surface area contributed by atoms with E-state index in [-0.39, 0.29) is 0 Å². The number of ether oxygens (including phenoxy) is 1. The van der Waals surface area contributed by atoms with Gasteiger partial charge in [0.25, 0.3) is 0 Å². The maximum absolute atomic E-state index is 5.10. The summed E-state index contributed by atoms with van der Waals surface area (Å²) in [5.74, 6) is 3.43. The first-order valence-corrected chi connectivity index (χ1v) is 8.52. The lowest BCUT2D eigenvalue weighted by Gasteiger charge is -2.32. The van der Waals surface area contributed by atoms with Crippen molar-refractivity contribution in [2.45, 2.75) is 32.3 Å². The molecule has 1 aliphatic carbocycles. The van der Waals surface area contributed by atoms with Gasteiger partial charge in [-0.15, -0.1) is 0 Å². The Morgan fingerprint density at radius 3 is 2.57 bits per heavy atom. The number of rotatable bonds is 8. The molecule has 0 unspecified atom stereocenters. The van der Waals surface area contributed by atoms with E-state index in [0.29, 0.717) is 6.61 Å². The van der Waals surface area contributed by atoms with Crippen LogP contribution in [0, 0.1) is 17.8 Å². The lowest BCUT2D eigenvalue weighted by Crippen LogP contribution is -2.35. The van der Waals surface area contributed by atoms with E-state index in [9.17, 15) is 0 Å². The summed E-state index contributed by atoms with van der Waals surface area (Å²) >= 11 is 0. The summed E-state index contributed by atoms with van der Waals surface area (Å²) in [6.07, 6.45) is 8.71. The van der Waals surface area contributed by atoms with E-state index in [1.807, 2.05) is 12.4 Å². The lowest BCUT2D eigenvalue weighted by molar-refractivity contribution is -0.273. The van der Waals surface area contributed by atoms with E-state index in [2.05, 4.69) is 19.8 Å². The quantitative estimate of drug-likeness (QED) is 0.416. The highest BCUT2D eigenvalue weighted by Gasteiger charge is 2.43. The molecule has 0 amide bonds. The predicted octanol–water partition coefficient (Wildman–Crippen LogP) is 2.44. The van der Waals surface area contributed by atoms with Gasteiger partial charge in [-0.25, -0.2) is 19.7 Å². The van der Waals surface area contributed by atoms with Crippen LogP contribution in [0.15, 0.2) is 12.4 Å². The van der Waals surface area contributed by atoms with E-state index >= 15 is 0 Å². The highest BCUT2D eigenvalue weighted by Crippen LogP contribution is 2.49. The minimum absolute atomic E-state index is 0.568. The van der Waals surface area contributed by atoms with Crippen molar-refractivity contribution in [1.29, 1.82) is 0 Å². The third-order valence-corrected chi connectivity index (χ3v) is 5.10. The fourth-order valence-electron chi connectivity index (χ4n) is 3.74. The monoisotopic (exact) mass is 321 g/mol. The van der Waals surface area contributed by atoms with E-state index < -0.39 is 0 Å². The third-order valence-electron chi connectivity index (χ3n) is 5.10. The second kappa shape index (κ2) is 8.04. The number of anilines is 1. The van der Waals surface area contributed by atoms with Crippen molar-refractivity contribution in [1.82, 2.24) is 9.97 Å². The Hall–Kier alpha value is -1.24. The molecule has 3 rings (SSSR count). The molecular weight excluding hydrogens is 294 g/mol. The highest BCUT2D eigenvalue weighted by atomic mass is 17.2. The van der Waals surface area contributed by atoms with Crippen LogP contribution >= 0.6 is 0 Å². The Morgan fingerprint density at radius 1 is 1.17 bits per heavy atom. The van der Waals surface area contributed by atoms with Gasteiger partial charge in [-0.05, 0) is 43.4 Å². The van der Waals surface area contributed by atoms with Gasteiger partial charge < -0.3 is 9.64 Å². The molecule has 1 saturated carbocycles. The third kappa shape index (κ3) is 4.40. The first kappa shape index (κ1) is 16.6. The van der Waals surface area contributed by atoms with Crippen LogP contribution < -0.4 is 4.90 Å². The molecule has 0 aromatic carbocycles. The van der Waals surface area contributed by atoms with Crippen molar-refractivity contribution in [2.24, 2.45) is 17.8 Å². The summed E-state index contributed by atoms with van der Waals surface area (Å²) < 4.78 is 5.10. The summed E-state index contributed by atoms with van der Waals surface area (Å²) in [6.45, 7) is 3.41. The van der Waals surface area contributed by atoms with Gasteiger partial charge in [0.05, 0.1) is 20.3 Å². The Bertz CT molecular complexity index is 474. The normalized spacial score (nSPS) is 24.9. The van der Waals surface area contributed by atoms with E-state index in [1.165, 1.54) is 19.3 Å². The number of hydrogen-bond acceptors (Lipinski definition) is 6. The largest absolute Gasteiger partial charge is 0.380 e. The number of nitrogens with zero attached hydrogens (tertiary/aromatic N) is 3. The van der Waals surface area contributed by atoms with Crippen molar-refractivity contribution in [3.63, 3.8) is 0 Å². The van der Waals surface area contributed by atoms with Crippen LogP contribution in [-0.4, -0.2) is 43.9 Å². The van der Waals surface area contributed by atoms with Gasteiger partial charge in [0.1, 0.15) is 0 Å². The maximum atomic E-state index is 5.10. The molecule has 128 valence electrons. The number of aromatic nitrogens is 2. The van der Waals surface area contributed by atoms with Crippen LogP contribution in [0.25, 0.3) is 0 Å². The van der Waals surface area contributed by atoms with Gasteiger partial charge in [0.2, 0.25) is 5.95 Å². The molecule has 0 bridgehead atoms. The molecule has 6 heteroatoms. The molecule has 0 spiro atoms. The summed E-state index contributed by atoms with van der Waals surface area (Å²) in [7, 11) is 3.26. The van der Waals surface area contributed by atoms with Gasteiger partial charge in [-0.3, -0.25) is 0 Å². The molecule has 1 aromatic rings. The molecule has 1 aliphatic heterocycles. The molecule has 0 radical (unpaired) electrons. The summed E-state index contributed by atoms with van der Waals surface area (Å²) in [6, 6.07) is 0. The van der Waals surface area contributed by atoms with Gasteiger partial charge in [-0.2, -0.15) is 0 Å². The predicted molar refractivity (Wildman–Crippen MR) is 86.9 cm³/mol. The molecular formula is C17H27N3O3. The van der Waals surface area contributed by atoms with Crippen LogP contribution in [0.1, 0.15) is 31.2 Å². The minimum atomic E-state index is 0.568.